The first-order valence-electron chi connectivity index (χ1n) is 8.80. The Morgan fingerprint density at radius 3 is 2.31 bits per heavy atom. The van der Waals surface area contributed by atoms with Gasteiger partial charge in [-0.25, -0.2) is 4.39 Å². The maximum absolute atomic E-state index is 13.8. The lowest BCUT2D eigenvalue weighted by atomic mass is 10.1. The zero-order valence-electron chi connectivity index (χ0n) is 15.0. The SMILES string of the molecule is CC(C)N1CCN(c2ccc(NC(=O)c3c(F)cccc3Cl)cc2)CC1. The molecule has 1 N–H and O–H groups in total. The maximum Gasteiger partial charge on any atom is 0.260 e. The number of rotatable bonds is 4. The Bertz CT molecular complexity index is 751. The monoisotopic (exact) mass is 375 g/mol. The van der Waals surface area contributed by atoms with Crippen molar-refractivity contribution in [1.29, 1.82) is 0 Å². The molecule has 138 valence electrons. The second-order valence-corrected chi connectivity index (χ2v) is 7.12. The summed E-state index contributed by atoms with van der Waals surface area (Å²) in [5, 5.41) is 2.80. The molecule has 1 aliphatic rings. The number of carbonyl (C=O) groups excluding carboxylic acids is 1. The van der Waals surface area contributed by atoms with E-state index in [4.69, 9.17) is 11.6 Å². The minimum atomic E-state index is -0.630. The number of carbonyl (C=O) groups is 1. The van der Waals surface area contributed by atoms with Crippen LogP contribution in [-0.4, -0.2) is 43.0 Å². The average Bonchev–Trinajstić information content (AvgIpc) is 2.62. The smallest absolute Gasteiger partial charge is 0.260 e. The molecule has 0 saturated carbocycles. The van der Waals surface area contributed by atoms with E-state index in [2.05, 4.69) is 29.0 Å². The predicted molar refractivity (Wildman–Crippen MR) is 105 cm³/mol. The van der Waals surface area contributed by atoms with E-state index in [1.165, 1.54) is 18.2 Å². The van der Waals surface area contributed by atoms with Crippen LogP contribution in [0.2, 0.25) is 5.02 Å². The van der Waals surface area contributed by atoms with Gasteiger partial charge in [0.25, 0.3) is 5.91 Å². The van der Waals surface area contributed by atoms with Gasteiger partial charge in [0, 0.05) is 43.6 Å². The van der Waals surface area contributed by atoms with Crippen LogP contribution in [0.4, 0.5) is 15.8 Å². The number of hydrogen-bond donors (Lipinski definition) is 1. The molecular weight excluding hydrogens is 353 g/mol. The summed E-state index contributed by atoms with van der Waals surface area (Å²) in [7, 11) is 0. The fraction of sp³-hybridized carbons (Fsp3) is 0.350. The Hall–Kier alpha value is -2.11. The Morgan fingerprint density at radius 1 is 1.08 bits per heavy atom. The highest BCUT2D eigenvalue weighted by Gasteiger charge is 2.19. The molecule has 2 aromatic rings. The van der Waals surface area contributed by atoms with Crippen molar-refractivity contribution in [2.24, 2.45) is 0 Å². The van der Waals surface area contributed by atoms with Crippen LogP contribution in [-0.2, 0) is 0 Å². The molecule has 0 radical (unpaired) electrons. The summed E-state index contributed by atoms with van der Waals surface area (Å²) in [4.78, 5) is 17.1. The summed E-state index contributed by atoms with van der Waals surface area (Å²) in [6.07, 6.45) is 0. The molecule has 0 unspecified atom stereocenters. The minimum Gasteiger partial charge on any atom is -0.369 e. The predicted octanol–water partition coefficient (Wildman–Crippen LogP) is 4.26. The summed E-state index contributed by atoms with van der Waals surface area (Å²) < 4.78 is 13.8. The van der Waals surface area contributed by atoms with Gasteiger partial charge in [-0.3, -0.25) is 9.69 Å². The van der Waals surface area contributed by atoms with E-state index in [0.717, 1.165) is 31.9 Å². The molecule has 2 aromatic carbocycles. The van der Waals surface area contributed by atoms with Gasteiger partial charge in [-0.1, -0.05) is 17.7 Å². The molecule has 4 nitrogen and oxygen atoms in total. The molecular formula is C20H23ClFN3O. The van der Waals surface area contributed by atoms with Gasteiger partial charge in [-0.2, -0.15) is 0 Å². The lowest BCUT2D eigenvalue weighted by molar-refractivity contribution is 0.102. The Morgan fingerprint density at radius 2 is 1.73 bits per heavy atom. The number of hydrogen-bond acceptors (Lipinski definition) is 3. The maximum atomic E-state index is 13.8. The van der Waals surface area contributed by atoms with Crippen LogP contribution in [0.25, 0.3) is 0 Å². The standard InChI is InChI=1S/C20H23ClFN3O/c1-14(2)24-10-12-25(13-11-24)16-8-6-15(7-9-16)23-20(26)19-17(21)4-3-5-18(19)22/h3-9,14H,10-13H2,1-2H3,(H,23,26). The van der Waals surface area contributed by atoms with Crippen LogP contribution in [0, 0.1) is 5.82 Å². The zero-order valence-corrected chi connectivity index (χ0v) is 15.8. The quantitative estimate of drug-likeness (QED) is 0.867. The van der Waals surface area contributed by atoms with Crippen molar-refractivity contribution >= 4 is 28.9 Å². The summed E-state index contributed by atoms with van der Waals surface area (Å²) in [6, 6.07) is 12.4. The number of nitrogens with one attached hydrogen (secondary N) is 1. The van der Waals surface area contributed by atoms with Gasteiger partial charge in [0.05, 0.1) is 10.6 Å². The third-order valence-corrected chi connectivity index (χ3v) is 5.04. The lowest BCUT2D eigenvalue weighted by Crippen LogP contribution is -2.48. The molecule has 6 heteroatoms. The van der Waals surface area contributed by atoms with Gasteiger partial charge in [0.2, 0.25) is 0 Å². The van der Waals surface area contributed by atoms with Gasteiger partial charge >= 0.3 is 0 Å². The summed E-state index contributed by atoms with van der Waals surface area (Å²) in [6.45, 7) is 8.48. The van der Waals surface area contributed by atoms with Crippen LogP contribution in [0.1, 0.15) is 24.2 Å². The number of nitrogens with zero attached hydrogens (tertiary/aromatic N) is 2. The van der Waals surface area contributed by atoms with Crippen LogP contribution in [0.5, 0.6) is 0 Å². The van der Waals surface area contributed by atoms with E-state index < -0.39 is 11.7 Å². The minimum absolute atomic E-state index is 0.0992. The van der Waals surface area contributed by atoms with Gasteiger partial charge in [0.15, 0.2) is 0 Å². The highest BCUT2D eigenvalue weighted by Crippen LogP contribution is 2.23. The van der Waals surface area contributed by atoms with Gasteiger partial charge in [-0.05, 0) is 50.2 Å². The molecule has 0 bridgehead atoms. The molecule has 1 heterocycles. The van der Waals surface area contributed by atoms with Crippen molar-refractivity contribution in [2.45, 2.75) is 19.9 Å². The normalized spacial score (nSPS) is 15.3. The number of halogens is 2. The molecule has 0 aromatic heterocycles. The zero-order chi connectivity index (χ0) is 18.7. The van der Waals surface area contributed by atoms with E-state index in [0.29, 0.717) is 11.7 Å². The van der Waals surface area contributed by atoms with Crippen LogP contribution < -0.4 is 10.2 Å². The first-order valence-corrected chi connectivity index (χ1v) is 9.18. The van der Waals surface area contributed by atoms with Crippen molar-refractivity contribution in [1.82, 2.24) is 4.90 Å². The Balaban J connectivity index is 1.64. The van der Waals surface area contributed by atoms with Crippen LogP contribution in [0.15, 0.2) is 42.5 Å². The van der Waals surface area contributed by atoms with E-state index in [1.807, 2.05) is 24.3 Å². The van der Waals surface area contributed by atoms with Crippen molar-refractivity contribution < 1.29 is 9.18 Å². The summed E-state index contributed by atoms with van der Waals surface area (Å²) in [5.74, 6) is -1.18. The number of amides is 1. The fourth-order valence-corrected chi connectivity index (χ4v) is 3.41. The summed E-state index contributed by atoms with van der Waals surface area (Å²) >= 11 is 5.94. The van der Waals surface area contributed by atoms with Crippen molar-refractivity contribution in [3.8, 4) is 0 Å². The molecule has 0 spiro atoms. The Labute approximate surface area is 158 Å². The third kappa shape index (κ3) is 4.17. The fourth-order valence-electron chi connectivity index (χ4n) is 3.16. The van der Waals surface area contributed by atoms with E-state index in [9.17, 15) is 9.18 Å². The molecule has 1 fully saturated rings. The third-order valence-electron chi connectivity index (χ3n) is 4.72. The topological polar surface area (TPSA) is 35.6 Å². The highest BCUT2D eigenvalue weighted by atomic mass is 35.5. The largest absolute Gasteiger partial charge is 0.369 e. The summed E-state index contributed by atoms with van der Waals surface area (Å²) in [5.41, 5.74) is 1.59. The van der Waals surface area contributed by atoms with Crippen molar-refractivity contribution in [2.75, 3.05) is 36.4 Å². The molecule has 0 atom stereocenters. The second-order valence-electron chi connectivity index (χ2n) is 6.71. The van der Waals surface area contributed by atoms with Gasteiger partial charge in [-0.15, -0.1) is 0 Å². The average molecular weight is 376 g/mol. The molecule has 26 heavy (non-hydrogen) atoms. The molecule has 1 aliphatic heterocycles. The first kappa shape index (κ1) is 18.7. The van der Waals surface area contributed by atoms with E-state index >= 15 is 0 Å². The first-order chi connectivity index (χ1) is 12.5. The number of piperazine rings is 1. The van der Waals surface area contributed by atoms with Crippen molar-refractivity contribution in [3.05, 3.63) is 58.9 Å². The van der Waals surface area contributed by atoms with E-state index in [1.54, 1.807) is 0 Å². The molecule has 3 rings (SSSR count). The molecule has 1 saturated heterocycles. The molecule has 1 amide bonds. The highest BCUT2D eigenvalue weighted by molar-refractivity contribution is 6.34. The molecule has 0 aliphatic carbocycles. The number of anilines is 2. The number of benzene rings is 2. The van der Waals surface area contributed by atoms with Crippen molar-refractivity contribution in [3.63, 3.8) is 0 Å². The Kier molecular flexibility index (Phi) is 5.79. The van der Waals surface area contributed by atoms with Gasteiger partial charge < -0.3 is 10.2 Å². The van der Waals surface area contributed by atoms with Crippen LogP contribution >= 0.6 is 11.6 Å². The van der Waals surface area contributed by atoms with E-state index in [-0.39, 0.29) is 10.6 Å². The lowest BCUT2D eigenvalue weighted by Gasteiger charge is -2.38. The van der Waals surface area contributed by atoms with Crippen LogP contribution in [0.3, 0.4) is 0 Å². The second kappa shape index (κ2) is 8.06. The van der Waals surface area contributed by atoms with Gasteiger partial charge in [0.1, 0.15) is 5.82 Å².